The molecule has 3 aromatic carbocycles. The van der Waals surface area contributed by atoms with E-state index in [1.807, 2.05) is 35.4 Å². The van der Waals surface area contributed by atoms with Crippen LogP contribution in [0.2, 0.25) is 0 Å². The molecular weight excluding hydrogens is 488 g/mol. The van der Waals surface area contributed by atoms with Crippen molar-refractivity contribution in [2.24, 2.45) is 0 Å². The molecule has 2 heterocycles. The number of benzene rings is 3. The monoisotopic (exact) mass is 522 g/mol. The number of hydrogen-bond donors (Lipinski definition) is 1. The topological polar surface area (TPSA) is 71.8 Å². The molecule has 0 saturated heterocycles. The fraction of sp³-hybridized carbons (Fsp3) is 0.273. The summed E-state index contributed by atoms with van der Waals surface area (Å²) >= 11 is 0. The van der Waals surface area contributed by atoms with Gasteiger partial charge in [0.05, 0.1) is 12.2 Å². The van der Waals surface area contributed by atoms with Crippen LogP contribution in [0.4, 0.5) is 5.69 Å². The van der Waals surface area contributed by atoms with Crippen molar-refractivity contribution in [2.75, 3.05) is 18.1 Å². The molecule has 1 amide bonds. The lowest BCUT2D eigenvalue weighted by atomic mass is 9.93. The van der Waals surface area contributed by atoms with Gasteiger partial charge in [-0.3, -0.25) is 4.79 Å². The Morgan fingerprint density at radius 3 is 2.67 bits per heavy atom. The van der Waals surface area contributed by atoms with E-state index in [1.54, 1.807) is 18.2 Å². The standard InChI is InChI=1S/C33H34N2O4/c1-23-8-3-14-31(24(23)2)39-19-7-15-32(36)35-17-6-12-29-28(11-5-13-30(29)35)27-16-18-34(22-27)21-25-9-4-10-26(20-25)33(37)38/h3-5,8-11,13-14,16,18,20,22H,6-7,12,15,17,19,21H2,1-2H3,(H,37,38). The maximum atomic E-state index is 13.2. The van der Waals surface area contributed by atoms with Crippen LogP contribution in [0.3, 0.4) is 0 Å². The summed E-state index contributed by atoms with van der Waals surface area (Å²) < 4.78 is 8.03. The predicted molar refractivity (Wildman–Crippen MR) is 154 cm³/mol. The first-order valence-electron chi connectivity index (χ1n) is 13.5. The number of aromatic nitrogens is 1. The number of carboxylic acid groups (broad SMARTS) is 1. The van der Waals surface area contributed by atoms with Gasteiger partial charge < -0.3 is 19.3 Å². The third kappa shape index (κ3) is 5.90. The van der Waals surface area contributed by atoms with E-state index < -0.39 is 5.97 Å². The number of nitrogens with zero attached hydrogens (tertiary/aromatic N) is 2. The highest BCUT2D eigenvalue weighted by atomic mass is 16.5. The Hall–Kier alpha value is -4.32. The first-order chi connectivity index (χ1) is 18.9. The molecule has 200 valence electrons. The molecule has 1 aliphatic rings. The predicted octanol–water partition coefficient (Wildman–Crippen LogP) is 6.66. The number of amides is 1. The Labute approximate surface area is 229 Å². The molecule has 6 nitrogen and oxygen atoms in total. The van der Waals surface area contributed by atoms with Gasteiger partial charge in [-0.2, -0.15) is 0 Å². The SMILES string of the molecule is Cc1cccc(OCCCC(=O)N2CCCc3c(-c4ccn(Cc5cccc(C(=O)O)c5)c4)cccc32)c1C. The van der Waals surface area contributed by atoms with Gasteiger partial charge >= 0.3 is 5.97 Å². The van der Waals surface area contributed by atoms with Crippen LogP contribution in [0.1, 0.15) is 51.9 Å². The zero-order chi connectivity index (χ0) is 27.4. The van der Waals surface area contributed by atoms with Gasteiger partial charge in [-0.15, -0.1) is 0 Å². The van der Waals surface area contributed by atoms with Crippen molar-refractivity contribution in [1.82, 2.24) is 4.57 Å². The van der Waals surface area contributed by atoms with Crippen molar-refractivity contribution in [3.05, 3.63) is 107 Å². The normalized spacial score (nSPS) is 12.7. The molecule has 5 rings (SSSR count). The molecule has 0 bridgehead atoms. The van der Waals surface area contributed by atoms with Crippen LogP contribution in [0.5, 0.6) is 5.75 Å². The first kappa shape index (κ1) is 26.3. The molecule has 0 unspecified atom stereocenters. The molecule has 6 heteroatoms. The molecule has 4 aromatic rings. The molecule has 0 fully saturated rings. The van der Waals surface area contributed by atoms with E-state index in [9.17, 15) is 14.7 Å². The zero-order valence-electron chi connectivity index (χ0n) is 22.5. The number of rotatable bonds is 9. The molecular formula is C33H34N2O4. The van der Waals surface area contributed by atoms with E-state index in [-0.39, 0.29) is 5.91 Å². The van der Waals surface area contributed by atoms with Gasteiger partial charge in [-0.25, -0.2) is 4.79 Å². The van der Waals surface area contributed by atoms with Crippen LogP contribution in [-0.2, 0) is 17.8 Å². The molecule has 1 aromatic heterocycles. The number of ether oxygens (including phenoxy) is 1. The smallest absolute Gasteiger partial charge is 0.335 e. The Bertz CT molecular complexity index is 1500. The van der Waals surface area contributed by atoms with Crippen molar-refractivity contribution in [3.63, 3.8) is 0 Å². The summed E-state index contributed by atoms with van der Waals surface area (Å²) in [7, 11) is 0. The third-order valence-electron chi connectivity index (χ3n) is 7.50. The van der Waals surface area contributed by atoms with E-state index in [0.717, 1.165) is 53.1 Å². The van der Waals surface area contributed by atoms with E-state index in [1.165, 1.54) is 11.1 Å². The van der Waals surface area contributed by atoms with Gasteiger partial charge in [0.15, 0.2) is 0 Å². The number of aromatic carboxylic acids is 1. The highest BCUT2D eigenvalue weighted by Crippen LogP contribution is 2.36. The van der Waals surface area contributed by atoms with Crippen LogP contribution >= 0.6 is 0 Å². The minimum absolute atomic E-state index is 0.133. The summed E-state index contributed by atoms with van der Waals surface area (Å²) in [4.78, 5) is 26.5. The lowest BCUT2D eigenvalue weighted by Crippen LogP contribution is -2.35. The minimum Gasteiger partial charge on any atom is -0.493 e. The first-order valence-corrected chi connectivity index (χ1v) is 13.5. The number of carbonyl (C=O) groups excluding carboxylic acids is 1. The number of hydrogen-bond acceptors (Lipinski definition) is 3. The summed E-state index contributed by atoms with van der Waals surface area (Å²) in [5, 5.41) is 9.29. The summed E-state index contributed by atoms with van der Waals surface area (Å²) in [5.74, 6) is 0.0967. The molecule has 0 radical (unpaired) electrons. The van der Waals surface area contributed by atoms with Gasteiger partial charge in [0.1, 0.15) is 5.75 Å². The fourth-order valence-electron chi connectivity index (χ4n) is 5.29. The average molecular weight is 523 g/mol. The second kappa shape index (κ2) is 11.6. The van der Waals surface area contributed by atoms with Crippen molar-refractivity contribution < 1.29 is 19.4 Å². The molecule has 0 saturated carbocycles. The summed E-state index contributed by atoms with van der Waals surface area (Å²) in [6.45, 7) is 5.96. The quantitative estimate of drug-likeness (QED) is 0.250. The largest absolute Gasteiger partial charge is 0.493 e. The van der Waals surface area contributed by atoms with Crippen LogP contribution in [0.15, 0.2) is 79.1 Å². The van der Waals surface area contributed by atoms with Gasteiger partial charge in [-0.05, 0) is 96.8 Å². The van der Waals surface area contributed by atoms with E-state index in [0.29, 0.717) is 31.6 Å². The number of anilines is 1. The molecule has 39 heavy (non-hydrogen) atoms. The average Bonchev–Trinajstić information content (AvgIpc) is 3.40. The molecule has 0 spiro atoms. The van der Waals surface area contributed by atoms with Crippen molar-refractivity contribution in [1.29, 1.82) is 0 Å². The number of aryl methyl sites for hydroxylation is 1. The third-order valence-corrected chi connectivity index (χ3v) is 7.50. The van der Waals surface area contributed by atoms with Crippen molar-refractivity contribution >= 4 is 17.6 Å². The van der Waals surface area contributed by atoms with Gasteiger partial charge in [0.2, 0.25) is 5.91 Å². The second-order valence-corrected chi connectivity index (χ2v) is 10.2. The lowest BCUT2D eigenvalue weighted by molar-refractivity contribution is -0.118. The minimum atomic E-state index is -0.922. The Morgan fingerprint density at radius 1 is 1.00 bits per heavy atom. The molecule has 1 aliphatic heterocycles. The molecule has 1 N–H and O–H groups in total. The molecule has 0 aliphatic carbocycles. The Morgan fingerprint density at radius 2 is 1.82 bits per heavy atom. The lowest BCUT2D eigenvalue weighted by Gasteiger charge is -2.31. The van der Waals surface area contributed by atoms with Crippen LogP contribution < -0.4 is 9.64 Å². The molecule has 0 atom stereocenters. The van der Waals surface area contributed by atoms with Crippen molar-refractivity contribution in [2.45, 2.75) is 46.1 Å². The van der Waals surface area contributed by atoms with Crippen LogP contribution in [0.25, 0.3) is 11.1 Å². The highest BCUT2D eigenvalue weighted by Gasteiger charge is 2.24. The van der Waals surface area contributed by atoms with Crippen LogP contribution in [-0.4, -0.2) is 34.7 Å². The van der Waals surface area contributed by atoms with Crippen LogP contribution in [0, 0.1) is 13.8 Å². The maximum Gasteiger partial charge on any atom is 0.335 e. The summed E-state index contributed by atoms with van der Waals surface area (Å²) in [5.41, 5.74) is 8.01. The number of carboxylic acids is 1. The summed E-state index contributed by atoms with van der Waals surface area (Å²) in [6.07, 6.45) is 7.08. The second-order valence-electron chi connectivity index (χ2n) is 10.2. The van der Waals surface area contributed by atoms with E-state index in [2.05, 4.69) is 48.9 Å². The van der Waals surface area contributed by atoms with E-state index in [4.69, 9.17) is 4.74 Å². The van der Waals surface area contributed by atoms with Gasteiger partial charge in [-0.1, -0.05) is 36.4 Å². The highest BCUT2D eigenvalue weighted by molar-refractivity contribution is 5.96. The Balaban J connectivity index is 1.26. The number of carbonyl (C=O) groups is 2. The fourth-order valence-corrected chi connectivity index (χ4v) is 5.29. The number of fused-ring (bicyclic) bond motifs is 1. The maximum absolute atomic E-state index is 13.2. The zero-order valence-corrected chi connectivity index (χ0v) is 22.5. The van der Waals surface area contributed by atoms with E-state index >= 15 is 0 Å². The van der Waals surface area contributed by atoms with Crippen molar-refractivity contribution in [3.8, 4) is 16.9 Å². The Kier molecular flexibility index (Phi) is 7.82. The van der Waals surface area contributed by atoms with Gasteiger partial charge in [0, 0.05) is 37.6 Å². The summed E-state index contributed by atoms with van der Waals surface area (Å²) in [6, 6.07) is 21.4. The van der Waals surface area contributed by atoms with Gasteiger partial charge in [0.25, 0.3) is 0 Å².